The van der Waals surface area contributed by atoms with Gasteiger partial charge in [-0.1, -0.05) is 11.6 Å². The van der Waals surface area contributed by atoms with Gasteiger partial charge in [-0.15, -0.1) is 0 Å². The Bertz CT molecular complexity index is 787. The summed E-state index contributed by atoms with van der Waals surface area (Å²) < 4.78 is 10.8. The van der Waals surface area contributed by atoms with E-state index in [1.54, 1.807) is 63.2 Å². The molecule has 1 N–H and O–H groups in total. The zero-order valence-electron chi connectivity index (χ0n) is 15.2. The summed E-state index contributed by atoms with van der Waals surface area (Å²) in [6.45, 7) is 7.10. The van der Waals surface area contributed by atoms with E-state index in [4.69, 9.17) is 21.1 Å². The molecule has 6 heteroatoms. The number of aryl methyl sites for hydroxylation is 1. The first-order valence-electron chi connectivity index (χ1n) is 8.31. The molecule has 0 bridgehead atoms. The fraction of sp³-hybridized carbons (Fsp3) is 0.300. The molecule has 0 heterocycles. The quantitative estimate of drug-likeness (QED) is 0.748. The molecule has 5 nitrogen and oxygen atoms in total. The van der Waals surface area contributed by atoms with E-state index >= 15 is 0 Å². The Morgan fingerprint density at radius 3 is 2.27 bits per heavy atom. The van der Waals surface area contributed by atoms with E-state index in [-0.39, 0.29) is 12.0 Å². The van der Waals surface area contributed by atoms with Crippen LogP contribution in [0.3, 0.4) is 0 Å². The highest BCUT2D eigenvalue weighted by molar-refractivity contribution is 6.30. The minimum Gasteiger partial charge on any atom is -0.481 e. The van der Waals surface area contributed by atoms with Crippen LogP contribution in [0.5, 0.6) is 5.75 Å². The molecule has 1 atom stereocenters. The van der Waals surface area contributed by atoms with Crippen molar-refractivity contribution in [2.24, 2.45) is 0 Å². The SMILES string of the molecule is Cc1cc(Cl)ccc1OC(C)C(=O)Nc1ccc(C(=O)OC(C)C)cc1. The molecule has 0 saturated heterocycles. The molecule has 0 aliphatic carbocycles. The van der Waals surface area contributed by atoms with E-state index in [9.17, 15) is 9.59 Å². The van der Waals surface area contributed by atoms with Gasteiger partial charge in [0, 0.05) is 10.7 Å². The van der Waals surface area contributed by atoms with Crippen LogP contribution in [0.25, 0.3) is 0 Å². The van der Waals surface area contributed by atoms with E-state index in [0.717, 1.165) is 5.56 Å². The summed E-state index contributed by atoms with van der Waals surface area (Å²) in [5.41, 5.74) is 1.85. The van der Waals surface area contributed by atoms with E-state index < -0.39 is 12.1 Å². The van der Waals surface area contributed by atoms with Gasteiger partial charge in [0.1, 0.15) is 5.75 Å². The molecule has 0 aromatic heterocycles. The monoisotopic (exact) mass is 375 g/mol. The number of anilines is 1. The van der Waals surface area contributed by atoms with Crippen molar-refractivity contribution in [3.05, 3.63) is 58.6 Å². The summed E-state index contributed by atoms with van der Waals surface area (Å²) in [7, 11) is 0. The number of benzene rings is 2. The summed E-state index contributed by atoms with van der Waals surface area (Å²) in [4.78, 5) is 24.1. The molecule has 0 fully saturated rings. The number of carbonyl (C=O) groups is 2. The lowest BCUT2D eigenvalue weighted by molar-refractivity contribution is -0.122. The van der Waals surface area contributed by atoms with Crippen molar-refractivity contribution in [3.8, 4) is 5.75 Å². The Labute approximate surface area is 158 Å². The molecular formula is C20H22ClNO4. The molecule has 0 aliphatic heterocycles. The molecule has 0 aliphatic rings. The van der Waals surface area contributed by atoms with Crippen molar-refractivity contribution < 1.29 is 19.1 Å². The van der Waals surface area contributed by atoms with E-state index in [1.807, 2.05) is 6.92 Å². The summed E-state index contributed by atoms with van der Waals surface area (Å²) in [6, 6.07) is 11.7. The van der Waals surface area contributed by atoms with Crippen molar-refractivity contribution in [3.63, 3.8) is 0 Å². The van der Waals surface area contributed by atoms with Gasteiger partial charge in [-0.25, -0.2) is 4.79 Å². The van der Waals surface area contributed by atoms with E-state index in [1.165, 1.54) is 0 Å². The second kappa shape index (κ2) is 8.72. The summed E-state index contributed by atoms with van der Waals surface area (Å²) in [5.74, 6) is -0.0894. The van der Waals surface area contributed by atoms with Gasteiger partial charge < -0.3 is 14.8 Å². The maximum atomic E-state index is 12.3. The number of halogens is 1. The number of esters is 1. The molecule has 2 rings (SSSR count). The molecule has 0 radical (unpaired) electrons. The van der Waals surface area contributed by atoms with Crippen LogP contribution < -0.4 is 10.1 Å². The van der Waals surface area contributed by atoms with Crippen LogP contribution in [0.4, 0.5) is 5.69 Å². The lowest BCUT2D eigenvalue weighted by atomic mass is 10.2. The Hall–Kier alpha value is -2.53. The molecule has 0 spiro atoms. The first-order valence-corrected chi connectivity index (χ1v) is 8.68. The van der Waals surface area contributed by atoms with Gasteiger partial charge >= 0.3 is 5.97 Å². The Morgan fingerprint density at radius 2 is 1.69 bits per heavy atom. The van der Waals surface area contributed by atoms with E-state index in [2.05, 4.69) is 5.32 Å². The fourth-order valence-corrected chi connectivity index (χ4v) is 2.43. The third-order valence-corrected chi connectivity index (χ3v) is 3.78. The van der Waals surface area contributed by atoms with Crippen LogP contribution in [0.1, 0.15) is 36.7 Å². The predicted octanol–water partition coefficient (Wildman–Crippen LogP) is 4.62. The summed E-state index contributed by atoms with van der Waals surface area (Å²) >= 11 is 5.92. The topological polar surface area (TPSA) is 64.6 Å². The number of amides is 1. The van der Waals surface area contributed by atoms with Gasteiger partial charge in [0.25, 0.3) is 5.91 Å². The second-order valence-corrected chi connectivity index (χ2v) is 6.63. The highest BCUT2D eigenvalue weighted by atomic mass is 35.5. The number of hydrogen-bond acceptors (Lipinski definition) is 4. The normalized spacial score (nSPS) is 11.8. The second-order valence-electron chi connectivity index (χ2n) is 6.19. The Kier molecular flexibility index (Phi) is 6.64. The molecule has 0 saturated carbocycles. The third-order valence-electron chi connectivity index (χ3n) is 3.54. The van der Waals surface area contributed by atoms with Gasteiger partial charge in [-0.3, -0.25) is 4.79 Å². The minimum atomic E-state index is -0.694. The minimum absolute atomic E-state index is 0.184. The first-order chi connectivity index (χ1) is 12.3. The smallest absolute Gasteiger partial charge is 0.338 e. The molecular weight excluding hydrogens is 354 g/mol. The average molecular weight is 376 g/mol. The van der Waals surface area contributed by atoms with Crippen molar-refractivity contribution in [2.45, 2.75) is 39.9 Å². The summed E-state index contributed by atoms with van der Waals surface area (Å²) in [5, 5.41) is 3.37. The predicted molar refractivity (Wildman–Crippen MR) is 102 cm³/mol. The highest BCUT2D eigenvalue weighted by Crippen LogP contribution is 2.23. The lowest BCUT2D eigenvalue weighted by Gasteiger charge is -2.16. The van der Waals surface area contributed by atoms with Crippen molar-refractivity contribution in [1.82, 2.24) is 0 Å². The molecule has 2 aromatic rings. The number of ether oxygens (including phenoxy) is 2. The lowest BCUT2D eigenvalue weighted by Crippen LogP contribution is -2.30. The van der Waals surface area contributed by atoms with Crippen LogP contribution in [-0.4, -0.2) is 24.1 Å². The molecule has 1 unspecified atom stereocenters. The number of rotatable bonds is 6. The van der Waals surface area contributed by atoms with Crippen molar-refractivity contribution >= 4 is 29.2 Å². The first kappa shape index (κ1) is 19.8. The van der Waals surface area contributed by atoms with Gasteiger partial charge in [0.15, 0.2) is 6.10 Å². The van der Waals surface area contributed by atoms with Crippen LogP contribution >= 0.6 is 11.6 Å². The maximum absolute atomic E-state index is 12.3. The van der Waals surface area contributed by atoms with Crippen LogP contribution in [-0.2, 0) is 9.53 Å². The van der Waals surface area contributed by atoms with Gasteiger partial charge in [0.05, 0.1) is 11.7 Å². The van der Waals surface area contributed by atoms with Crippen molar-refractivity contribution in [2.75, 3.05) is 5.32 Å². The number of hydrogen-bond donors (Lipinski definition) is 1. The van der Waals surface area contributed by atoms with Crippen LogP contribution in [0.2, 0.25) is 5.02 Å². The zero-order valence-corrected chi connectivity index (χ0v) is 16.0. The molecule has 138 valence electrons. The fourth-order valence-electron chi connectivity index (χ4n) is 2.20. The average Bonchev–Trinajstić information content (AvgIpc) is 2.57. The summed E-state index contributed by atoms with van der Waals surface area (Å²) in [6.07, 6.45) is -0.878. The zero-order chi connectivity index (χ0) is 19.3. The van der Waals surface area contributed by atoms with Gasteiger partial charge in [-0.2, -0.15) is 0 Å². The Morgan fingerprint density at radius 1 is 1.04 bits per heavy atom. The molecule has 26 heavy (non-hydrogen) atoms. The van der Waals surface area contributed by atoms with Crippen molar-refractivity contribution in [1.29, 1.82) is 0 Å². The molecule has 1 amide bonds. The highest BCUT2D eigenvalue weighted by Gasteiger charge is 2.16. The molecule has 2 aromatic carbocycles. The van der Waals surface area contributed by atoms with Crippen LogP contribution in [0, 0.1) is 6.92 Å². The van der Waals surface area contributed by atoms with Gasteiger partial charge in [-0.05, 0) is 75.7 Å². The van der Waals surface area contributed by atoms with Crippen LogP contribution in [0.15, 0.2) is 42.5 Å². The maximum Gasteiger partial charge on any atom is 0.338 e. The standard InChI is InChI=1S/C20H22ClNO4/c1-12(2)25-20(24)15-5-8-17(9-6-15)22-19(23)14(4)26-18-10-7-16(21)11-13(18)3/h5-12,14H,1-4H3,(H,22,23). The van der Waals surface area contributed by atoms with E-state index in [0.29, 0.717) is 22.0 Å². The van der Waals surface area contributed by atoms with Gasteiger partial charge in [0.2, 0.25) is 0 Å². The largest absolute Gasteiger partial charge is 0.481 e. The third kappa shape index (κ3) is 5.49. The number of nitrogens with one attached hydrogen (secondary N) is 1. The number of carbonyl (C=O) groups excluding carboxylic acids is 2. The Balaban J connectivity index is 1.97.